The quantitative estimate of drug-likeness (QED) is 0.895. The van der Waals surface area contributed by atoms with Gasteiger partial charge in [0.1, 0.15) is 17.5 Å². The zero-order valence-electron chi connectivity index (χ0n) is 12.0. The molecule has 1 aromatic carbocycles. The highest BCUT2D eigenvalue weighted by Crippen LogP contribution is 2.09. The standard InChI is InChI=1S/C14H19FN2O3/c1-9(16-13(19)20-14(2,3)4)12(18)17-11-7-5-10(15)6-8-11/h5-9H,1-4H3,(H,16,19)(H,17,18)/t9-/m0/s1. The van der Waals surface area contributed by atoms with E-state index in [9.17, 15) is 14.0 Å². The van der Waals surface area contributed by atoms with Crippen molar-refractivity contribution in [2.75, 3.05) is 5.32 Å². The van der Waals surface area contributed by atoms with Crippen molar-refractivity contribution in [1.29, 1.82) is 0 Å². The van der Waals surface area contributed by atoms with Crippen LogP contribution in [0, 0.1) is 5.82 Å². The monoisotopic (exact) mass is 282 g/mol. The first-order valence-electron chi connectivity index (χ1n) is 6.23. The molecule has 0 radical (unpaired) electrons. The summed E-state index contributed by atoms with van der Waals surface area (Å²) in [6.45, 7) is 6.73. The molecule has 0 spiro atoms. The van der Waals surface area contributed by atoms with Crippen molar-refractivity contribution >= 4 is 17.7 Å². The zero-order valence-corrected chi connectivity index (χ0v) is 12.0. The summed E-state index contributed by atoms with van der Waals surface area (Å²) in [6, 6.07) is 4.58. The van der Waals surface area contributed by atoms with E-state index in [1.54, 1.807) is 20.8 Å². The number of carbonyl (C=O) groups excluding carboxylic acids is 2. The van der Waals surface area contributed by atoms with Gasteiger partial charge in [0.05, 0.1) is 0 Å². The van der Waals surface area contributed by atoms with E-state index < -0.39 is 23.6 Å². The number of carbonyl (C=O) groups is 2. The van der Waals surface area contributed by atoms with Gasteiger partial charge in [0, 0.05) is 5.69 Å². The molecule has 0 aliphatic rings. The van der Waals surface area contributed by atoms with E-state index in [-0.39, 0.29) is 5.82 Å². The number of alkyl carbamates (subject to hydrolysis) is 1. The summed E-state index contributed by atoms with van der Waals surface area (Å²) in [7, 11) is 0. The number of hydrogen-bond acceptors (Lipinski definition) is 3. The van der Waals surface area contributed by atoms with Crippen molar-refractivity contribution < 1.29 is 18.7 Å². The normalized spacial score (nSPS) is 12.4. The van der Waals surface area contributed by atoms with Crippen molar-refractivity contribution in [2.45, 2.75) is 39.3 Å². The predicted molar refractivity (Wildman–Crippen MR) is 73.9 cm³/mol. The predicted octanol–water partition coefficient (Wildman–Crippen LogP) is 2.68. The number of ether oxygens (including phenoxy) is 1. The second-order valence-corrected chi connectivity index (χ2v) is 5.36. The third-order valence-corrected chi connectivity index (χ3v) is 2.24. The first kappa shape index (κ1) is 15.9. The Balaban J connectivity index is 2.51. The van der Waals surface area contributed by atoms with Crippen molar-refractivity contribution in [3.8, 4) is 0 Å². The van der Waals surface area contributed by atoms with Gasteiger partial charge in [-0.2, -0.15) is 0 Å². The van der Waals surface area contributed by atoms with Crippen LogP contribution < -0.4 is 10.6 Å². The average molecular weight is 282 g/mol. The minimum absolute atomic E-state index is 0.386. The minimum atomic E-state index is -0.769. The molecule has 0 aliphatic heterocycles. The van der Waals surface area contributed by atoms with E-state index >= 15 is 0 Å². The first-order chi connectivity index (χ1) is 9.17. The highest BCUT2D eigenvalue weighted by Gasteiger charge is 2.20. The molecule has 2 N–H and O–H groups in total. The highest BCUT2D eigenvalue weighted by atomic mass is 19.1. The molecule has 6 heteroatoms. The number of anilines is 1. The van der Waals surface area contributed by atoms with E-state index in [0.717, 1.165) is 0 Å². The van der Waals surface area contributed by atoms with Gasteiger partial charge in [-0.05, 0) is 52.0 Å². The third kappa shape index (κ3) is 5.69. The van der Waals surface area contributed by atoms with Crippen LogP contribution in [-0.2, 0) is 9.53 Å². The van der Waals surface area contributed by atoms with E-state index in [1.165, 1.54) is 31.2 Å². The van der Waals surface area contributed by atoms with Crippen LogP contribution in [-0.4, -0.2) is 23.6 Å². The van der Waals surface area contributed by atoms with E-state index in [4.69, 9.17) is 4.74 Å². The number of halogens is 1. The number of rotatable bonds is 3. The maximum Gasteiger partial charge on any atom is 0.408 e. The molecule has 0 aliphatic carbocycles. The molecule has 2 amide bonds. The van der Waals surface area contributed by atoms with Crippen LogP contribution in [0.3, 0.4) is 0 Å². The summed E-state index contributed by atoms with van der Waals surface area (Å²) in [6.07, 6.45) is -0.667. The molecule has 20 heavy (non-hydrogen) atoms. The Bertz CT molecular complexity index is 480. The largest absolute Gasteiger partial charge is 0.444 e. The van der Waals surface area contributed by atoms with Crippen LogP contribution >= 0.6 is 0 Å². The van der Waals surface area contributed by atoms with Crippen LogP contribution in [0.2, 0.25) is 0 Å². The second kappa shape index (κ2) is 6.36. The van der Waals surface area contributed by atoms with Gasteiger partial charge < -0.3 is 15.4 Å². The Morgan fingerprint density at radius 1 is 1.20 bits per heavy atom. The number of nitrogens with one attached hydrogen (secondary N) is 2. The fourth-order valence-electron chi connectivity index (χ4n) is 1.33. The topological polar surface area (TPSA) is 67.4 Å². The fourth-order valence-corrected chi connectivity index (χ4v) is 1.33. The van der Waals surface area contributed by atoms with Crippen molar-refractivity contribution in [3.05, 3.63) is 30.1 Å². The zero-order chi connectivity index (χ0) is 15.3. The highest BCUT2D eigenvalue weighted by molar-refractivity contribution is 5.96. The molecule has 0 fully saturated rings. The molecular weight excluding hydrogens is 263 g/mol. The number of hydrogen-bond donors (Lipinski definition) is 2. The average Bonchev–Trinajstić information content (AvgIpc) is 2.29. The molecule has 1 rings (SSSR count). The number of amides is 2. The maximum atomic E-state index is 12.7. The molecule has 0 saturated heterocycles. The molecule has 0 bridgehead atoms. The Morgan fingerprint density at radius 2 is 1.75 bits per heavy atom. The van der Waals surface area contributed by atoms with Gasteiger partial charge in [-0.3, -0.25) is 4.79 Å². The molecule has 0 heterocycles. The molecule has 0 unspecified atom stereocenters. The first-order valence-corrected chi connectivity index (χ1v) is 6.23. The molecule has 5 nitrogen and oxygen atoms in total. The van der Waals surface area contributed by atoms with Crippen LogP contribution in [0.1, 0.15) is 27.7 Å². The Hall–Kier alpha value is -2.11. The van der Waals surface area contributed by atoms with Crippen LogP contribution in [0.15, 0.2) is 24.3 Å². The van der Waals surface area contributed by atoms with Gasteiger partial charge >= 0.3 is 6.09 Å². The Kier molecular flexibility index (Phi) is 5.07. The molecule has 0 saturated carbocycles. The summed E-state index contributed by atoms with van der Waals surface area (Å²) in [5.74, 6) is -0.801. The van der Waals surface area contributed by atoms with E-state index in [1.807, 2.05) is 0 Å². The summed E-state index contributed by atoms with van der Waals surface area (Å²) in [5.41, 5.74) is -0.175. The van der Waals surface area contributed by atoms with Crippen molar-refractivity contribution in [1.82, 2.24) is 5.32 Å². The lowest BCUT2D eigenvalue weighted by Gasteiger charge is -2.21. The lowest BCUT2D eigenvalue weighted by atomic mass is 10.2. The lowest BCUT2D eigenvalue weighted by molar-refractivity contribution is -0.117. The SMILES string of the molecule is C[C@H](NC(=O)OC(C)(C)C)C(=O)Nc1ccc(F)cc1. The third-order valence-electron chi connectivity index (χ3n) is 2.24. The Morgan fingerprint density at radius 3 is 2.25 bits per heavy atom. The van der Waals surface area contributed by atoms with E-state index in [2.05, 4.69) is 10.6 Å². The van der Waals surface area contributed by atoms with Gasteiger partial charge in [0.2, 0.25) is 5.91 Å². The molecular formula is C14H19FN2O3. The van der Waals surface area contributed by atoms with Gasteiger partial charge in [-0.25, -0.2) is 9.18 Å². The maximum absolute atomic E-state index is 12.7. The summed E-state index contributed by atoms with van der Waals surface area (Å²) in [5, 5.41) is 4.98. The number of benzene rings is 1. The molecule has 110 valence electrons. The Labute approximate surface area is 117 Å². The molecule has 0 aromatic heterocycles. The minimum Gasteiger partial charge on any atom is -0.444 e. The fraction of sp³-hybridized carbons (Fsp3) is 0.429. The lowest BCUT2D eigenvalue weighted by Crippen LogP contribution is -2.43. The van der Waals surface area contributed by atoms with Crippen LogP contribution in [0.25, 0.3) is 0 Å². The summed E-state index contributed by atoms with van der Waals surface area (Å²) < 4.78 is 17.8. The van der Waals surface area contributed by atoms with Crippen molar-refractivity contribution in [2.24, 2.45) is 0 Å². The van der Waals surface area contributed by atoms with Crippen molar-refractivity contribution in [3.63, 3.8) is 0 Å². The smallest absolute Gasteiger partial charge is 0.408 e. The second-order valence-electron chi connectivity index (χ2n) is 5.36. The van der Waals surface area contributed by atoms with Gasteiger partial charge in [0.25, 0.3) is 0 Å². The van der Waals surface area contributed by atoms with E-state index in [0.29, 0.717) is 5.69 Å². The summed E-state index contributed by atoms with van der Waals surface area (Å²) >= 11 is 0. The molecule has 1 aromatic rings. The van der Waals surface area contributed by atoms with Crippen LogP contribution in [0.4, 0.5) is 14.9 Å². The van der Waals surface area contributed by atoms with Gasteiger partial charge in [0.15, 0.2) is 0 Å². The van der Waals surface area contributed by atoms with Crippen LogP contribution in [0.5, 0.6) is 0 Å². The van der Waals surface area contributed by atoms with Gasteiger partial charge in [-0.15, -0.1) is 0 Å². The van der Waals surface area contributed by atoms with Gasteiger partial charge in [-0.1, -0.05) is 0 Å². The summed E-state index contributed by atoms with van der Waals surface area (Å²) in [4.78, 5) is 23.3. The molecule has 1 atom stereocenters.